The summed E-state index contributed by atoms with van der Waals surface area (Å²) in [5.74, 6) is 1.07. The summed E-state index contributed by atoms with van der Waals surface area (Å²) in [6.07, 6.45) is 3.73. The summed E-state index contributed by atoms with van der Waals surface area (Å²) in [7, 11) is 1.60. The first-order valence-electron chi connectivity index (χ1n) is 11.1. The zero-order valence-electron chi connectivity index (χ0n) is 18.5. The van der Waals surface area contributed by atoms with Crippen molar-refractivity contribution in [2.75, 3.05) is 30.4 Å². The first kappa shape index (κ1) is 23.9. The molecule has 0 aromatic heterocycles. The Hall–Kier alpha value is -2.27. The van der Waals surface area contributed by atoms with E-state index in [-0.39, 0.29) is 0 Å². The molecule has 3 aromatic carbocycles. The minimum atomic E-state index is 0.301. The number of halogens is 3. The molecule has 1 fully saturated rings. The van der Waals surface area contributed by atoms with Crippen molar-refractivity contribution in [3.8, 4) is 11.5 Å². The van der Waals surface area contributed by atoms with Crippen molar-refractivity contribution >= 4 is 46.2 Å². The topological polar surface area (TPSA) is 33.7 Å². The van der Waals surface area contributed by atoms with E-state index in [0.717, 1.165) is 40.6 Å². The number of hydrogen-bond acceptors (Lipinski definition) is 4. The zero-order valence-corrected chi connectivity index (χ0v) is 20.8. The minimum absolute atomic E-state index is 0.301. The van der Waals surface area contributed by atoms with E-state index in [1.165, 1.54) is 19.3 Å². The van der Waals surface area contributed by atoms with Crippen LogP contribution >= 0.6 is 34.8 Å². The summed E-state index contributed by atoms with van der Waals surface area (Å²) in [5.41, 5.74) is 3.91. The van der Waals surface area contributed by atoms with Crippen molar-refractivity contribution in [2.45, 2.75) is 32.4 Å². The Morgan fingerprint density at radius 2 is 1.67 bits per heavy atom. The number of methoxy groups -OCH3 is 1. The smallest absolute Gasteiger partial charge is 0.180 e. The third-order valence-electron chi connectivity index (χ3n) is 5.76. The molecule has 0 radical (unpaired) electrons. The molecule has 1 aliphatic heterocycles. The van der Waals surface area contributed by atoms with Gasteiger partial charge in [0.25, 0.3) is 0 Å². The van der Waals surface area contributed by atoms with Gasteiger partial charge >= 0.3 is 0 Å². The highest BCUT2D eigenvalue weighted by molar-refractivity contribution is 6.33. The van der Waals surface area contributed by atoms with E-state index < -0.39 is 0 Å². The van der Waals surface area contributed by atoms with Crippen LogP contribution in [0.1, 0.15) is 30.4 Å². The Labute approximate surface area is 210 Å². The normalized spacial score (nSPS) is 13.6. The van der Waals surface area contributed by atoms with E-state index in [1.54, 1.807) is 7.11 Å². The van der Waals surface area contributed by atoms with E-state index in [0.29, 0.717) is 34.7 Å². The van der Waals surface area contributed by atoms with Crippen molar-refractivity contribution in [3.05, 3.63) is 80.8 Å². The number of ether oxygens (including phenoxy) is 2. The van der Waals surface area contributed by atoms with Crippen LogP contribution in [0.15, 0.2) is 54.6 Å². The number of benzene rings is 3. The van der Waals surface area contributed by atoms with E-state index in [4.69, 9.17) is 44.3 Å². The third kappa shape index (κ3) is 6.00. The second-order valence-electron chi connectivity index (χ2n) is 8.06. The summed E-state index contributed by atoms with van der Waals surface area (Å²) in [6.45, 7) is 3.00. The molecule has 1 aliphatic rings. The van der Waals surface area contributed by atoms with Gasteiger partial charge in [-0.2, -0.15) is 0 Å². The van der Waals surface area contributed by atoms with E-state index in [9.17, 15) is 0 Å². The van der Waals surface area contributed by atoms with E-state index in [1.807, 2.05) is 42.5 Å². The standard InChI is InChI=1S/C26H27Cl3N2O2/c1-32-25-14-18(13-23(29)26(25)33-17-19-7-3-4-8-21(19)27)16-30-20-9-10-24(22(28)15-20)31-11-5-2-6-12-31/h3-4,7-10,13-15,30H,2,5-6,11-12,16-17H2,1H3. The Morgan fingerprint density at radius 3 is 2.39 bits per heavy atom. The molecule has 0 saturated carbocycles. The third-order valence-corrected chi connectivity index (χ3v) is 6.71. The van der Waals surface area contributed by atoms with Crippen LogP contribution < -0.4 is 19.7 Å². The fourth-order valence-corrected chi connectivity index (χ4v) is 4.77. The molecular formula is C26H27Cl3N2O2. The molecule has 0 aliphatic carbocycles. The summed E-state index contributed by atoms with van der Waals surface area (Å²) in [4.78, 5) is 2.36. The maximum absolute atomic E-state index is 6.59. The molecule has 1 N–H and O–H groups in total. The van der Waals surface area contributed by atoms with Crippen molar-refractivity contribution < 1.29 is 9.47 Å². The molecule has 0 spiro atoms. The van der Waals surface area contributed by atoms with Gasteiger partial charge in [-0.25, -0.2) is 0 Å². The molecule has 4 nitrogen and oxygen atoms in total. The lowest BCUT2D eigenvalue weighted by atomic mass is 10.1. The van der Waals surface area contributed by atoms with Gasteiger partial charge in [0.05, 0.1) is 22.8 Å². The molecule has 3 aromatic rings. The van der Waals surface area contributed by atoms with Crippen LogP contribution in [-0.4, -0.2) is 20.2 Å². The van der Waals surface area contributed by atoms with Crippen molar-refractivity contribution in [1.29, 1.82) is 0 Å². The monoisotopic (exact) mass is 504 g/mol. The lowest BCUT2D eigenvalue weighted by molar-refractivity contribution is 0.284. The predicted molar refractivity (Wildman–Crippen MR) is 139 cm³/mol. The molecule has 7 heteroatoms. The van der Waals surface area contributed by atoms with Gasteiger partial charge in [-0.3, -0.25) is 0 Å². The Bertz CT molecular complexity index is 1100. The highest BCUT2D eigenvalue weighted by Crippen LogP contribution is 2.38. The molecule has 0 unspecified atom stereocenters. The Morgan fingerprint density at radius 1 is 0.879 bits per heavy atom. The fraction of sp³-hybridized carbons (Fsp3) is 0.308. The lowest BCUT2D eigenvalue weighted by Gasteiger charge is -2.29. The molecule has 0 atom stereocenters. The van der Waals surface area contributed by atoms with Gasteiger partial charge in [-0.05, 0) is 61.2 Å². The number of anilines is 2. The molecule has 1 saturated heterocycles. The summed E-state index contributed by atoms with van der Waals surface area (Å²) in [5, 5.41) is 5.32. The summed E-state index contributed by atoms with van der Waals surface area (Å²) in [6, 6.07) is 17.5. The molecule has 0 amide bonds. The van der Waals surface area contributed by atoms with Gasteiger partial charge in [0, 0.05) is 35.9 Å². The average molecular weight is 506 g/mol. The first-order valence-corrected chi connectivity index (χ1v) is 12.2. The number of nitrogens with zero attached hydrogens (tertiary/aromatic N) is 1. The van der Waals surface area contributed by atoms with Crippen molar-refractivity contribution in [2.24, 2.45) is 0 Å². The van der Waals surface area contributed by atoms with Crippen molar-refractivity contribution in [1.82, 2.24) is 0 Å². The average Bonchev–Trinajstić information content (AvgIpc) is 2.83. The van der Waals surface area contributed by atoms with Crippen LogP contribution in [0.25, 0.3) is 0 Å². The highest BCUT2D eigenvalue weighted by Gasteiger charge is 2.15. The number of piperidine rings is 1. The summed E-state index contributed by atoms with van der Waals surface area (Å²) < 4.78 is 11.5. The second kappa shape index (κ2) is 11.2. The van der Waals surface area contributed by atoms with Crippen LogP contribution in [0.4, 0.5) is 11.4 Å². The molecule has 4 rings (SSSR count). The molecule has 1 heterocycles. The van der Waals surface area contributed by atoms with Gasteiger partial charge in [0.2, 0.25) is 0 Å². The lowest BCUT2D eigenvalue weighted by Crippen LogP contribution is -2.29. The van der Waals surface area contributed by atoms with Gasteiger partial charge in [-0.15, -0.1) is 0 Å². The molecule has 0 bridgehead atoms. The van der Waals surface area contributed by atoms with Crippen LogP contribution in [0, 0.1) is 0 Å². The largest absolute Gasteiger partial charge is 0.493 e. The maximum atomic E-state index is 6.59. The zero-order chi connectivity index (χ0) is 23.2. The fourth-order valence-electron chi connectivity index (χ4n) is 3.99. The molecular weight excluding hydrogens is 479 g/mol. The van der Waals surface area contributed by atoms with Crippen molar-refractivity contribution in [3.63, 3.8) is 0 Å². The van der Waals surface area contributed by atoms with E-state index in [2.05, 4.69) is 22.3 Å². The molecule has 174 valence electrons. The predicted octanol–water partition coefficient (Wildman–Crippen LogP) is 7.84. The van der Waals surface area contributed by atoms with Crippen LogP contribution in [0.2, 0.25) is 15.1 Å². The summed E-state index contributed by atoms with van der Waals surface area (Å²) >= 11 is 19.4. The van der Waals surface area contributed by atoms with Crippen LogP contribution in [0.5, 0.6) is 11.5 Å². The van der Waals surface area contributed by atoms with Gasteiger partial charge in [0.1, 0.15) is 6.61 Å². The maximum Gasteiger partial charge on any atom is 0.180 e. The number of hydrogen-bond donors (Lipinski definition) is 1. The van der Waals surface area contributed by atoms with Gasteiger partial charge in [0.15, 0.2) is 11.5 Å². The van der Waals surface area contributed by atoms with Gasteiger partial charge in [-0.1, -0.05) is 53.0 Å². The number of nitrogens with one attached hydrogen (secondary N) is 1. The van der Waals surface area contributed by atoms with Gasteiger partial charge < -0.3 is 19.7 Å². The Kier molecular flexibility index (Phi) is 8.13. The van der Waals surface area contributed by atoms with Crippen LogP contribution in [-0.2, 0) is 13.2 Å². The van der Waals surface area contributed by atoms with E-state index >= 15 is 0 Å². The van der Waals surface area contributed by atoms with Crippen LogP contribution in [0.3, 0.4) is 0 Å². The minimum Gasteiger partial charge on any atom is -0.493 e. The highest BCUT2D eigenvalue weighted by atomic mass is 35.5. The molecule has 33 heavy (non-hydrogen) atoms. The SMILES string of the molecule is COc1cc(CNc2ccc(N3CCCCC3)c(Cl)c2)cc(Cl)c1OCc1ccccc1Cl. The number of rotatable bonds is 8. The first-order chi connectivity index (χ1) is 16.0. The Balaban J connectivity index is 1.42. The second-order valence-corrected chi connectivity index (χ2v) is 9.28. The quantitative estimate of drug-likeness (QED) is 0.338.